The molecule has 478 valence electrons. The van der Waals surface area contributed by atoms with Crippen molar-refractivity contribution in [2.24, 2.45) is 0 Å². The van der Waals surface area contributed by atoms with E-state index < -0.39 is 0 Å². The Labute approximate surface area is 567 Å². The van der Waals surface area contributed by atoms with E-state index in [-0.39, 0.29) is 48.1 Å². The monoisotopic (exact) mass is 1400 g/mol. The summed E-state index contributed by atoms with van der Waals surface area (Å²) in [6.45, 7) is 46.2. The molecule has 9 aromatic carbocycles. The Morgan fingerprint density at radius 3 is 1.59 bits per heavy atom. The first-order chi connectivity index (χ1) is 43.4. The summed E-state index contributed by atoms with van der Waals surface area (Å²) in [7, 11) is 0. The van der Waals surface area contributed by atoms with Gasteiger partial charge in [0, 0.05) is 83.2 Å². The van der Waals surface area contributed by atoms with Gasteiger partial charge in [-0.25, -0.2) is 4.98 Å². The van der Waals surface area contributed by atoms with Gasteiger partial charge in [0.1, 0.15) is 17.0 Å². The van der Waals surface area contributed by atoms with Crippen LogP contribution in [0.5, 0.6) is 11.5 Å². The minimum absolute atomic E-state index is 0. The Morgan fingerprint density at radius 1 is 0.462 bits per heavy atom. The number of nitrogens with zero attached hydrogens (tertiary/aromatic N) is 4. The molecule has 0 N–H and O–H groups in total. The smallest absolute Gasteiger partial charge is 0.135 e. The van der Waals surface area contributed by atoms with Crippen molar-refractivity contribution in [3.63, 3.8) is 0 Å². The molecule has 93 heavy (non-hydrogen) atoms. The largest absolute Gasteiger partial charge is 0.509 e. The molecule has 0 spiro atoms. The number of para-hydroxylation sites is 2. The van der Waals surface area contributed by atoms with Gasteiger partial charge in [0.15, 0.2) is 0 Å². The summed E-state index contributed by atoms with van der Waals surface area (Å²) in [5, 5.41) is 4.16. The number of fused-ring (bicyclic) bond motifs is 8. The van der Waals surface area contributed by atoms with Crippen LogP contribution in [0.4, 0.5) is 22.7 Å². The topological polar surface area (TPSA) is 46.7 Å². The molecule has 0 saturated heterocycles. The van der Waals surface area contributed by atoms with E-state index in [1.54, 1.807) is 0 Å². The molecule has 1 aliphatic heterocycles. The number of anilines is 4. The van der Waals surface area contributed by atoms with Crippen LogP contribution in [0.1, 0.15) is 182 Å². The van der Waals surface area contributed by atoms with Gasteiger partial charge < -0.3 is 23.5 Å². The third-order valence-corrected chi connectivity index (χ3v) is 18.8. The second-order valence-electron chi connectivity index (χ2n) is 31.5. The third kappa shape index (κ3) is 12.0. The zero-order valence-electron chi connectivity index (χ0n) is 57.9. The van der Waals surface area contributed by atoms with Crippen molar-refractivity contribution >= 4 is 66.5 Å². The van der Waals surface area contributed by atoms with Crippen LogP contribution in [0.15, 0.2) is 180 Å². The minimum Gasteiger partial charge on any atom is -0.509 e. The van der Waals surface area contributed by atoms with Crippen molar-refractivity contribution < 1.29 is 30.2 Å². The van der Waals surface area contributed by atoms with Crippen LogP contribution < -0.4 is 14.5 Å². The number of pyridine rings is 1. The molecule has 0 aliphatic carbocycles. The van der Waals surface area contributed by atoms with E-state index in [0.29, 0.717) is 23.3 Å². The summed E-state index contributed by atoms with van der Waals surface area (Å²) in [5.74, 6) is 2.54. The Balaban J connectivity index is 0.00000832. The fourth-order valence-corrected chi connectivity index (χ4v) is 13.4. The minimum atomic E-state index is -0.100. The fraction of sp³-hybridized carbons (Fsp3) is 0.302. The van der Waals surface area contributed by atoms with Crippen LogP contribution in [0, 0.1) is 18.8 Å². The second kappa shape index (κ2) is 23.7. The van der Waals surface area contributed by atoms with E-state index >= 15 is 0 Å². The summed E-state index contributed by atoms with van der Waals surface area (Å²) < 4.78 is 16.0. The van der Waals surface area contributed by atoms with E-state index in [2.05, 4.69) is 310 Å². The molecule has 0 atom stereocenters. The average molecular weight is 1410 g/mol. The predicted molar refractivity (Wildman–Crippen MR) is 389 cm³/mol. The van der Waals surface area contributed by atoms with Gasteiger partial charge in [-0.2, -0.15) is 12.1 Å². The second-order valence-corrected chi connectivity index (χ2v) is 31.5. The molecular weight excluding hydrogens is 1320 g/mol. The maximum absolute atomic E-state index is 7.05. The summed E-state index contributed by atoms with van der Waals surface area (Å²) in [6, 6.07) is 70.5. The number of hydrogen-bond donors (Lipinski definition) is 0. The Bertz CT molecular complexity index is 4680. The van der Waals surface area contributed by atoms with E-state index in [1.807, 2.05) is 30.5 Å². The van der Waals surface area contributed by atoms with Crippen molar-refractivity contribution in [2.45, 2.75) is 170 Å². The third-order valence-electron chi connectivity index (χ3n) is 18.8. The predicted octanol–water partition coefficient (Wildman–Crippen LogP) is 24.6. The van der Waals surface area contributed by atoms with Gasteiger partial charge in [-0.3, -0.25) is 0 Å². The zero-order valence-corrected chi connectivity index (χ0v) is 60.2. The van der Waals surface area contributed by atoms with Gasteiger partial charge in [0.25, 0.3) is 0 Å². The Hall–Kier alpha value is -8.18. The first-order valence-electron chi connectivity index (χ1n) is 33.0. The zero-order chi connectivity index (χ0) is 65.3. The first-order valence-corrected chi connectivity index (χ1v) is 33.0. The van der Waals surface area contributed by atoms with Gasteiger partial charge >= 0.3 is 0 Å². The Morgan fingerprint density at radius 2 is 1.01 bits per heavy atom. The quantitative estimate of drug-likeness (QED) is 0.128. The van der Waals surface area contributed by atoms with Gasteiger partial charge in [0.2, 0.25) is 0 Å². The van der Waals surface area contributed by atoms with Gasteiger partial charge in [0.05, 0.1) is 0 Å². The SMILES string of the molecule is CC(C)c1cccc(C(C)C)c1-c1ccc2c(c1)N(c1[c-]c(Oc3[c-]c4c(cc3)c3c5oc6ccccc6c5ccc3n4-c3cc(C(C)(C)C)ccn3)ccc1)[CH-]N2c1c(-c2cc(C(C)(C)C)cc(C(C)(C)C)c2)cccc1-c1cc(C(C)(C)C)cc(C(C)(C)C)c1.[Pt]. The summed E-state index contributed by atoms with van der Waals surface area (Å²) in [6.07, 6.45) is 1.91. The number of furan rings is 1. The molecule has 0 radical (unpaired) electrons. The number of benzene rings is 9. The number of aromatic nitrogens is 2. The van der Waals surface area contributed by atoms with Crippen molar-refractivity contribution in [3.8, 4) is 50.7 Å². The van der Waals surface area contributed by atoms with E-state index in [1.165, 1.54) is 61.2 Å². The van der Waals surface area contributed by atoms with Gasteiger partial charge in [-0.05, 0) is 148 Å². The first kappa shape index (κ1) is 64.9. The molecule has 1 aliphatic rings. The van der Waals surface area contributed by atoms with Crippen molar-refractivity contribution in [1.29, 1.82) is 0 Å². The number of hydrogen-bond acceptors (Lipinski definition) is 5. The number of rotatable bonds is 10. The van der Waals surface area contributed by atoms with Crippen LogP contribution >= 0.6 is 0 Å². The van der Waals surface area contributed by atoms with Crippen LogP contribution in [0.3, 0.4) is 0 Å². The molecule has 6 nitrogen and oxygen atoms in total. The normalized spacial score (nSPS) is 13.3. The van der Waals surface area contributed by atoms with Crippen LogP contribution in [0.2, 0.25) is 0 Å². The van der Waals surface area contributed by atoms with Crippen molar-refractivity contribution in [3.05, 3.63) is 234 Å². The van der Waals surface area contributed by atoms with Crippen LogP contribution in [0.25, 0.3) is 82.9 Å². The van der Waals surface area contributed by atoms with E-state index in [4.69, 9.17) is 14.1 Å². The molecule has 0 bridgehead atoms. The summed E-state index contributed by atoms with van der Waals surface area (Å²) in [4.78, 5) is 9.83. The Kier molecular flexibility index (Phi) is 16.5. The van der Waals surface area contributed by atoms with Crippen LogP contribution in [-0.4, -0.2) is 9.55 Å². The van der Waals surface area contributed by atoms with E-state index in [0.717, 1.165) is 83.4 Å². The van der Waals surface area contributed by atoms with Crippen LogP contribution in [-0.2, 0) is 48.1 Å². The van der Waals surface area contributed by atoms with E-state index in [9.17, 15) is 0 Å². The molecule has 0 fully saturated rings. The molecule has 0 amide bonds. The van der Waals surface area contributed by atoms with Gasteiger partial charge in [-0.15, -0.1) is 42.7 Å². The standard InChI is InChI=1S/C86H89N4O2.Pt/c1-52(2)65-28-23-29-66(53(3)4)78(65)54-33-37-72-75(45-54)88(51-89(72)80-67(55-41-58(83(8,9)10)46-59(42-55)84(11,12)13)30-24-31-68(80)56-43-60(85(14,15)16)47-61(44-56)86(17,18)19)62-25-22-26-63(49-62)91-64-34-35-71-74(50-64)90(77-48-57(39-40-87-77)82(5,6)7)73-38-36-70-69-27-20-21-32-76(69)92-81(70)79(71)73;/h20-48,51-53H,1-19H3;/q-3;. The molecule has 0 unspecified atom stereocenters. The molecule has 12 aromatic rings. The summed E-state index contributed by atoms with van der Waals surface area (Å²) >= 11 is 0. The fourth-order valence-electron chi connectivity index (χ4n) is 13.4. The molecule has 3 aromatic heterocycles. The maximum Gasteiger partial charge on any atom is 0.135 e. The molecule has 4 heterocycles. The maximum atomic E-state index is 7.05. The van der Waals surface area contributed by atoms with Crippen molar-refractivity contribution in [1.82, 2.24) is 9.55 Å². The average Bonchev–Trinajstić information content (AvgIpc) is 1.59. The molecule has 7 heteroatoms. The molecular formula is C86H89N4O2Pt-3. The number of ether oxygens (including phenoxy) is 1. The molecule has 13 rings (SSSR count). The van der Waals surface area contributed by atoms with Gasteiger partial charge in [-0.1, -0.05) is 240 Å². The summed E-state index contributed by atoms with van der Waals surface area (Å²) in [5.41, 5.74) is 23.3. The van der Waals surface area contributed by atoms with Crippen molar-refractivity contribution in [2.75, 3.05) is 9.80 Å². The molecule has 0 saturated carbocycles.